The van der Waals surface area contributed by atoms with Crippen LogP contribution in [0.1, 0.15) is 51.8 Å². The first kappa shape index (κ1) is 24.3. The average molecular weight is 467 g/mol. The molecular weight excluding hydrogens is 428 g/mol. The number of likely N-dealkylation sites (tertiary alicyclic amines) is 1. The van der Waals surface area contributed by atoms with Gasteiger partial charge in [-0.15, -0.1) is 0 Å². The normalized spacial score (nSPS) is 15.4. The van der Waals surface area contributed by atoms with Crippen molar-refractivity contribution >= 4 is 28.6 Å². The lowest BCUT2D eigenvalue weighted by molar-refractivity contribution is 0.137. The van der Waals surface area contributed by atoms with Gasteiger partial charge in [-0.1, -0.05) is 6.92 Å². The number of aryl methyl sites for hydroxylation is 2. The zero-order chi connectivity index (χ0) is 24.1. The van der Waals surface area contributed by atoms with Crippen molar-refractivity contribution in [3.05, 3.63) is 29.6 Å². The maximum absolute atomic E-state index is 5.60. The smallest absolute Gasteiger partial charge is 0.225 e. The molecule has 0 bridgehead atoms. The zero-order valence-corrected chi connectivity index (χ0v) is 21.1. The van der Waals surface area contributed by atoms with Gasteiger partial charge in [0.25, 0.3) is 0 Å². The molecule has 0 aromatic carbocycles. The van der Waals surface area contributed by atoms with Crippen LogP contribution in [0.5, 0.6) is 0 Å². The molecule has 1 aliphatic rings. The number of aromatic nitrogens is 5. The van der Waals surface area contributed by atoms with Crippen molar-refractivity contribution in [1.82, 2.24) is 29.6 Å². The van der Waals surface area contributed by atoms with Gasteiger partial charge in [-0.05, 0) is 64.7 Å². The molecule has 0 atom stereocenters. The molecule has 0 amide bonds. The molecule has 4 rings (SSSR count). The van der Waals surface area contributed by atoms with Crippen molar-refractivity contribution in [2.24, 2.45) is 0 Å². The molecule has 1 saturated heterocycles. The Morgan fingerprint density at radius 3 is 2.65 bits per heavy atom. The summed E-state index contributed by atoms with van der Waals surface area (Å²) >= 11 is 0. The molecule has 9 nitrogen and oxygen atoms in total. The van der Waals surface area contributed by atoms with Crippen molar-refractivity contribution in [2.45, 2.75) is 72.5 Å². The maximum atomic E-state index is 5.60. The summed E-state index contributed by atoms with van der Waals surface area (Å²) in [6.45, 7) is 14.8. The van der Waals surface area contributed by atoms with Crippen LogP contribution in [0.4, 0.5) is 17.6 Å². The summed E-state index contributed by atoms with van der Waals surface area (Å²) in [7, 11) is 0. The molecule has 1 aliphatic heterocycles. The number of rotatable bonds is 10. The molecule has 0 unspecified atom stereocenters. The van der Waals surface area contributed by atoms with E-state index in [1.165, 1.54) is 0 Å². The number of fused-ring (bicyclic) bond motifs is 1. The minimum absolute atomic E-state index is 0.357. The summed E-state index contributed by atoms with van der Waals surface area (Å²) in [5, 5.41) is 11.9. The number of pyridine rings is 1. The lowest BCUT2D eigenvalue weighted by atomic mass is 10.0. The Morgan fingerprint density at radius 2 is 1.97 bits per heavy atom. The van der Waals surface area contributed by atoms with E-state index >= 15 is 0 Å². The number of piperidine rings is 1. The Kier molecular flexibility index (Phi) is 7.95. The van der Waals surface area contributed by atoms with Gasteiger partial charge in [-0.25, -0.2) is 9.97 Å². The van der Waals surface area contributed by atoms with E-state index in [1.807, 2.05) is 29.9 Å². The Morgan fingerprint density at radius 1 is 1.18 bits per heavy atom. The highest BCUT2D eigenvalue weighted by Gasteiger charge is 2.23. The third-order valence-corrected chi connectivity index (χ3v) is 6.40. The van der Waals surface area contributed by atoms with Gasteiger partial charge in [0.15, 0.2) is 5.82 Å². The number of hydrogen-bond acceptors (Lipinski definition) is 8. The van der Waals surface area contributed by atoms with E-state index < -0.39 is 0 Å². The highest BCUT2D eigenvalue weighted by atomic mass is 16.5. The van der Waals surface area contributed by atoms with E-state index in [-0.39, 0.29) is 0 Å². The van der Waals surface area contributed by atoms with E-state index in [4.69, 9.17) is 19.8 Å². The fourth-order valence-electron chi connectivity index (χ4n) is 4.46. The standard InChI is InChI=1S/C25H38N8O/c1-6-20-22-23(33(31-20)14-15-34-7-2)24(28-21-16-18(5)8-11-26-21)30-25(29-22)27-19-9-12-32(13-10-19)17(3)4/h8,11,16-17,19H,6-7,9-10,12-15H2,1-5H3,(H2,26,27,28,29,30). The van der Waals surface area contributed by atoms with E-state index in [2.05, 4.69) is 48.2 Å². The van der Waals surface area contributed by atoms with Crippen LogP contribution in [0, 0.1) is 6.92 Å². The SMILES string of the molecule is CCOCCn1nc(CC)c2nc(NC3CCN(C(C)C)CC3)nc(Nc3cc(C)ccn3)c21. The summed E-state index contributed by atoms with van der Waals surface area (Å²) in [4.78, 5) is 16.9. The molecule has 34 heavy (non-hydrogen) atoms. The number of nitrogens with zero attached hydrogens (tertiary/aromatic N) is 6. The van der Waals surface area contributed by atoms with Gasteiger partial charge in [0.1, 0.15) is 16.9 Å². The van der Waals surface area contributed by atoms with Crippen LogP contribution in [-0.4, -0.2) is 68.0 Å². The summed E-state index contributed by atoms with van der Waals surface area (Å²) in [5.74, 6) is 2.12. The highest BCUT2D eigenvalue weighted by Crippen LogP contribution is 2.28. The van der Waals surface area contributed by atoms with Crippen LogP contribution < -0.4 is 10.6 Å². The van der Waals surface area contributed by atoms with E-state index in [0.717, 1.165) is 60.5 Å². The van der Waals surface area contributed by atoms with Gasteiger partial charge in [0.05, 0.1) is 18.8 Å². The molecule has 0 spiro atoms. The molecule has 4 heterocycles. The second-order valence-electron chi connectivity index (χ2n) is 9.21. The predicted octanol–water partition coefficient (Wildman–Crippen LogP) is 4.16. The second-order valence-corrected chi connectivity index (χ2v) is 9.21. The predicted molar refractivity (Wildman–Crippen MR) is 137 cm³/mol. The van der Waals surface area contributed by atoms with Gasteiger partial charge >= 0.3 is 0 Å². The number of ether oxygens (including phenoxy) is 1. The summed E-state index contributed by atoms with van der Waals surface area (Å²) in [5.41, 5.74) is 3.87. The fourth-order valence-corrected chi connectivity index (χ4v) is 4.46. The number of nitrogens with one attached hydrogen (secondary N) is 2. The van der Waals surface area contributed by atoms with Crippen LogP contribution in [0.3, 0.4) is 0 Å². The van der Waals surface area contributed by atoms with Crippen LogP contribution in [0.25, 0.3) is 11.0 Å². The Bertz CT molecular complexity index is 1090. The first-order chi connectivity index (χ1) is 16.5. The van der Waals surface area contributed by atoms with Crippen molar-refractivity contribution in [3.63, 3.8) is 0 Å². The molecule has 0 aliphatic carbocycles. The molecule has 3 aromatic rings. The number of anilines is 3. The van der Waals surface area contributed by atoms with Gasteiger partial charge in [0, 0.05) is 38.0 Å². The van der Waals surface area contributed by atoms with Crippen LogP contribution in [-0.2, 0) is 17.7 Å². The third-order valence-electron chi connectivity index (χ3n) is 6.40. The lowest BCUT2D eigenvalue weighted by Crippen LogP contribution is -2.42. The third kappa shape index (κ3) is 5.64. The summed E-state index contributed by atoms with van der Waals surface area (Å²) < 4.78 is 7.57. The first-order valence-electron chi connectivity index (χ1n) is 12.5. The lowest BCUT2D eigenvalue weighted by Gasteiger charge is -2.34. The number of hydrogen-bond donors (Lipinski definition) is 2. The average Bonchev–Trinajstić information content (AvgIpc) is 3.17. The summed E-state index contributed by atoms with van der Waals surface area (Å²) in [6.07, 6.45) is 4.76. The molecular formula is C25H38N8O. The second kappa shape index (κ2) is 11.1. The van der Waals surface area contributed by atoms with E-state index in [0.29, 0.717) is 43.6 Å². The van der Waals surface area contributed by atoms with Crippen molar-refractivity contribution in [1.29, 1.82) is 0 Å². The van der Waals surface area contributed by atoms with Crippen LogP contribution in [0.2, 0.25) is 0 Å². The van der Waals surface area contributed by atoms with Gasteiger partial charge in [-0.2, -0.15) is 10.1 Å². The van der Waals surface area contributed by atoms with Crippen molar-refractivity contribution < 1.29 is 4.74 Å². The maximum Gasteiger partial charge on any atom is 0.225 e. The van der Waals surface area contributed by atoms with Gasteiger partial charge in [-0.3, -0.25) is 4.68 Å². The molecule has 1 fully saturated rings. The first-order valence-corrected chi connectivity index (χ1v) is 12.5. The monoisotopic (exact) mass is 466 g/mol. The molecule has 0 radical (unpaired) electrons. The van der Waals surface area contributed by atoms with Gasteiger partial charge in [0.2, 0.25) is 5.95 Å². The van der Waals surface area contributed by atoms with E-state index in [9.17, 15) is 0 Å². The van der Waals surface area contributed by atoms with Gasteiger partial charge < -0.3 is 20.3 Å². The Balaban J connectivity index is 1.68. The largest absolute Gasteiger partial charge is 0.380 e. The van der Waals surface area contributed by atoms with Crippen molar-refractivity contribution in [3.8, 4) is 0 Å². The molecule has 0 saturated carbocycles. The Hall–Kier alpha value is -2.78. The highest BCUT2D eigenvalue weighted by molar-refractivity contribution is 5.90. The minimum Gasteiger partial charge on any atom is -0.380 e. The quantitative estimate of drug-likeness (QED) is 0.430. The van der Waals surface area contributed by atoms with Crippen molar-refractivity contribution in [2.75, 3.05) is 36.9 Å². The Labute approximate surface area is 202 Å². The topological polar surface area (TPSA) is 93.0 Å². The zero-order valence-electron chi connectivity index (χ0n) is 21.1. The van der Waals surface area contributed by atoms with Crippen LogP contribution in [0.15, 0.2) is 18.3 Å². The summed E-state index contributed by atoms with van der Waals surface area (Å²) in [6, 6.07) is 4.94. The molecule has 2 N–H and O–H groups in total. The van der Waals surface area contributed by atoms with Crippen LogP contribution >= 0.6 is 0 Å². The van der Waals surface area contributed by atoms with E-state index in [1.54, 1.807) is 0 Å². The fraction of sp³-hybridized carbons (Fsp3) is 0.600. The molecule has 184 valence electrons. The molecule has 9 heteroatoms. The minimum atomic E-state index is 0.357. The molecule has 3 aromatic heterocycles.